The summed E-state index contributed by atoms with van der Waals surface area (Å²) in [5, 5.41) is 3.39. The number of hydrogen-bond acceptors (Lipinski definition) is 4. The third-order valence-corrected chi connectivity index (χ3v) is 4.17. The molecule has 0 radical (unpaired) electrons. The third kappa shape index (κ3) is 5.81. The Morgan fingerprint density at radius 3 is 2.76 bits per heavy atom. The molecule has 6 nitrogen and oxygen atoms in total. The number of carbonyl (C=O) groups excluding carboxylic acids is 1. The van der Waals surface area contributed by atoms with Gasteiger partial charge in [0.15, 0.2) is 0 Å². The normalized spacial score (nSPS) is 12.2. The van der Waals surface area contributed by atoms with Gasteiger partial charge in [-0.1, -0.05) is 38.3 Å². The molecule has 2 heterocycles. The fourth-order valence-electron chi connectivity index (χ4n) is 2.66. The first-order chi connectivity index (χ1) is 12.0. The number of nitrogens with one attached hydrogen (secondary N) is 1. The summed E-state index contributed by atoms with van der Waals surface area (Å²) in [6, 6.07) is 1.73. The summed E-state index contributed by atoms with van der Waals surface area (Å²) >= 11 is 6.16. The average molecular weight is 364 g/mol. The van der Waals surface area contributed by atoms with Crippen LogP contribution in [0.25, 0.3) is 5.95 Å². The van der Waals surface area contributed by atoms with Crippen LogP contribution in [0.2, 0.25) is 5.15 Å². The molecule has 7 heteroatoms. The average Bonchev–Trinajstić information content (AvgIpc) is 3.00. The predicted molar refractivity (Wildman–Crippen MR) is 98.9 cm³/mol. The monoisotopic (exact) mass is 363 g/mol. The van der Waals surface area contributed by atoms with Crippen LogP contribution in [0.5, 0.6) is 0 Å². The first-order valence-corrected chi connectivity index (χ1v) is 9.23. The molecule has 2 aromatic heterocycles. The molecule has 2 aromatic rings. The largest absolute Gasteiger partial charge is 0.356 e. The Bertz CT molecular complexity index is 701. The summed E-state index contributed by atoms with van der Waals surface area (Å²) in [6.45, 7) is 6.82. The van der Waals surface area contributed by atoms with Gasteiger partial charge in [-0.3, -0.25) is 9.36 Å². The van der Waals surface area contributed by atoms with Crippen molar-refractivity contribution in [2.24, 2.45) is 5.92 Å². The maximum atomic E-state index is 12.5. The van der Waals surface area contributed by atoms with Gasteiger partial charge in [-0.15, -0.1) is 0 Å². The van der Waals surface area contributed by atoms with Crippen LogP contribution in [0.1, 0.15) is 50.9 Å². The Balaban J connectivity index is 2.15. The Kier molecular flexibility index (Phi) is 7.37. The van der Waals surface area contributed by atoms with Crippen molar-refractivity contribution in [3.05, 3.63) is 35.1 Å². The van der Waals surface area contributed by atoms with Crippen LogP contribution in [0.3, 0.4) is 0 Å². The van der Waals surface area contributed by atoms with E-state index in [0.717, 1.165) is 43.6 Å². The van der Waals surface area contributed by atoms with E-state index < -0.39 is 0 Å². The molecule has 1 N–H and O–H groups in total. The Morgan fingerprint density at radius 1 is 1.32 bits per heavy atom. The lowest BCUT2D eigenvalue weighted by Crippen LogP contribution is -2.32. The van der Waals surface area contributed by atoms with Crippen molar-refractivity contribution in [1.82, 2.24) is 24.8 Å². The summed E-state index contributed by atoms with van der Waals surface area (Å²) in [6.07, 6.45) is 7.87. The summed E-state index contributed by atoms with van der Waals surface area (Å²) < 4.78 is 1.74. The van der Waals surface area contributed by atoms with E-state index in [4.69, 9.17) is 11.6 Å². The van der Waals surface area contributed by atoms with E-state index in [1.165, 1.54) is 0 Å². The topological polar surface area (TPSA) is 72.7 Å². The van der Waals surface area contributed by atoms with Gasteiger partial charge >= 0.3 is 0 Å². The van der Waals surface area contributed by atoms with Gasteiger partial charge < -0.3 is 5.32 Å². The lowest BCUT2D eigenvalue weighted by molar-refractivity contribution is -0.125. The highest BCUT2D eigenvalue weighted by Crippen LogP contribution is 2.17. The van der Waals surface area contributed by atoms with Crippen LogP contribution in [0.15, 0.2) is 18.6 Å². The zero-order chi connectivity index (χ0) is 18.2. The van der Waals surface area contributed by atoms with Crippen molar-refractivity contribution in [2.75, 3.05) is 6.54 Å². The molecule has 0 spiro atoms. The standard InChI is InChI=1S/C18H26ClN5O/c1-4-6-8-20-17(25)14(7-5-2)9-15-10-16(19)23-18(22-15)24-11-13(3)21-12-24/h10-12,14H,4-9H2,1-3H3,(H,20,25). The van der Waals surface area contributed by atoms with Crippen molar-refractivity contribution in [3.8, 4) is 5.95 Å². The summed E-state index contributed by atoms with van der Waals surface area (Å²) in [5.41, 5.74) is 1.65. The molecule has 0 fully saturated rings. The highest BCUT2D eigenvalue weighted by molar-refractivity contribution is 6.29. The number of halogens is 1. The number of carbonyl (C=O) groups is 1. The van der Waals surface area contributed by atoms with Crippen molar-refractivity contribution >= 4 is 17.5 Å². The summed E-state index contributed by atoms with van der Waals surface area (Å²) in [7, 11) is 0. The fraction of sp³-hybridized carbons (Fsp3) is 0.556. The van der Waals surface area contributed by atoms with Crippen LogP contribution in [0.4, 0.5) is 0 Å². The first kappa shape index (κ1) is 19.4. The molecule has 2 rings (SSSR count). The lowest BCUT2D eigenvalue weighted by atomic mass is 9.96. The van der Waals surface area contributed by atoms with Crippen molar-refractivity contribution in [3.63, 3.8) is 0 Å². The highest BCUT2D eigenvalue weighted by Gasteiger charge is 2.19. The lowest BCUT2D eigenvalue weighted by Gasteiger charge is -2.16. The minimum Gasteiger partial charge on any atom is -0.356 e. The van der Waals surface area contributed by atoms with E-state index >= 15 is 0 Å². The smallest absolute Gasteiger partial charge is 0.236 e. The van der Waals surface area contributed by atoms with Gasteiger partial charge in [0.2, 0.25) is 11.9 Å². The number of rotatable bonds is 9. The fourth-order valence-corrected chi connectivity index (χ4v) is 2.86. The minimum atomic E-state index is -0.106. The second-order valence-corrected chi connectivity index (χ2v) is 6.63. The molecule has 0 aromatic carbocycles. The Hall–Kier alpha value is -1.95. The predicted octanol–water partition coefficient (Wildman–Crippen LogP) is 3.50. The van der Waals surface area contributed by atoms with E-state index in [9.17, 15) is 4.79 Å². The van der Waals surface area contributed by atoms with Crippen LogP contribution < -0.4 is 5.32 Å². The second-order valence-electron chi connectivity index (χ2n) is 6.24. The number of amides is 1. The molecular weight excluding hydrogens is 338 g/mol. The number of unbranched alkanes of at least 4 members (excludes halogenated alkanes) is 1. The number of hydrogen-bond donors (Lipinski definition) is 1. The first-order valence-electron chi connectivity index (χ1n) is 8.85. The molecule has 0 aliphatic rings. The quantitative estimate of drug-likeness (QED) is 0.546. The van der Waals surface area contributed by atoms with E-state index in [-0.39, 0.29) is 11.8 Å². The molecule has 25 heavy (non-hydrogen) atoms. The van der Waals surface area contributed by atoms with Gasteiger partial charge in [0, 0.05) is 30.8 Å². The van der Waals surface area contributed by atoms with Crippen LogP contribution >= 0.6 is 11.6 Å². The molecule has 1 unspecified atom stereocenters. The zero-order valence-electron chi connectivity index (χ0n) is 15.1. The molecule has 1 atom stereocenters. The highest BCUT2D eigenvalue weighted by atomic mass is 35.5. The summed E-state index contributed by atoms with van der Waals surface area (Å²) in [4.78, 5) is 25.5. The number of aryl methyl sites for hydroxylation is 1. The number of imidazole rings is 1. The molecule has 0 bridgehead atoms. The van der Waals surface area contributed by atoms with Gasteiger partial charge in [0.05, 0.1) is 5.69 Å². The third-order valence-electron chi connectivity index (χ3n) is 3.97. The van der Waals surface area contributed by atoms with Crippen molar-refractivity contribution < 1.29 is 4.79 Å². The molecular formula is C18H26ClN5O. The molecule has 1 amide bonds. The zero-order valence-corrected chi connectivity index (χ0v) is 15.9. The van der Waals surface area contributed by atoms with Gasteiger partial charge in [0.25, 0.3) is 0 Å². The van der Waals surface area contributed by atoms with E-state index in [1.54, 1.807) is 17.0 Å². The molecule has 0 saturated carbocycles. The molecule has 0 aliphatic heterocycles. The maximum absolute atomic E-state index is 12.5. The van der Waals surface area contributed by atoms with E-state index in [0.29, 0.717) is 17.5 Å². The van der Waals surface area contributed by atoms with Crippen molar-refractivity contribution in [2.45, 2.75) is 52.9 Å². The molecule has 0 aliphatic carbocycles. The second kappa shape index (κ2) is 9.51. The van der Waals surface area contributed by atoms with E-state index in [1.807, 2.05) is 13.1 Å². The number of aromatic nitrogens is 4. The van der Waals surface area contributed by atoms with Gasteiger partial charge in [0.1, 0.15) is 11.5 Å². The number of nitrogens with zero attached hydrogens (tertiary/aromatic N) is 4. The van der Waals surface area contributed by atoms with Crippen molar-refractivity contribution in [1.29, 1.82) is 0 Å². The Labute approximate surface area is 154 Å². The van der Waals surface area contributed by atoms with Gasteiger partial charge in [-0.05, 0) is 25.8 Å². The van der Waals surface area contributed by atoms with E-state index in [2.05, 4.69) is 34.1 Å². The minimum absolute atomic E-state index is 0.0880. The molecule has 0 saturated heterocycles. The molecule has 136 valence electrons. The van der Waals surface area contributed by atoms with Crippen LogP contribution in [0, 0.1) is 12.8 Å². The van der Waals surface area contributed by atoms with Crippen LogP contribution in [-0.4, -0.2) is 32.0 Å². The SMILES string of the molecule is CCCCNC(=O)C(CCC)Cc1cc(Cl)nc(-n2cnc(C)c2)n1. The summed E-state index contributed by atoms with van der Waals surface area (Å²) in [5.74, 6) is 0.458. The van der Waals surface area contributed by atoms with Gasteiger partial charge in [-0.25, -0.2) is 15.0 Å². The maximum Gasteiger partial charge on any atom is 0.236 e. The van der Waals surface area contributed by atoms with Gasteiger partial charge in [-0.2, -0.15) is 0 Å². The Morgan fingerprint density at radius 2 is 2.12 bits per heavy atom. The van der Waals surface area contributed by atoms with Crippen LogP contribution in [-0.2, 0) is 11.2 Å².